The van der Waals surface area contributed by atoms with E-state index in [1.165, 1.54) is 12.1 Å². The first-order chi connectivity index (χ1) is 13.1. The van der Waals surface area contributed by atoms with Crippen molar-refractivity contribution in [3.63, 3.8) is 0 Å². The van der Waals surface area contributed by atoms with E-state index in [-0.39, 0.29) is 11.7 Å². The van der Waals surface area contributed by atoms with Gasteiger partial charge in [0.15, 0.2) is 0 Å². The van der Waals surface area contributed by atoms with Gasteiger partial charge in [-0.15, -0.1) is 0 Å². The van der Waals surface area contributed by atoms with Crippen LogP contribution in [-0.4, -0.2) is 35.6 Å². The molecule has 148 valence electrons. The number of aromatic nitrogens is 1. The average molecular weight is 375 g/mol. The molecule has 2 aromatic rings. The molecule has 0 atom stereocenters. The molecule has 1 amide bonds. The number of unbranched alkanes of at least 4 members (excludes halogenated alkanes) is 2. The number of methoxy groups -OCH3 is 1. The first-order valence-electron chi connectivity index (χ1n) is 9.79. The normalized spacial score (nSPS) is 10.9. The number of ether oxygens (including phenoxy) is 1. The number of rotatable bonds is 12. The van der Waals surface area contributed by atoms with Gasteiger partial charge in [-0.1, -0.05) is 31.9 Å². The second kappa shape index (κ2) is 11.5. The van der Waals surface area contributed by atoms with Crippen LogP contribution in [0.15, 0.2) is 42.6 Å². The lowest BCUT2D eigenvalue weighted by Crippen LogP contribution is -2.32. The molecular weight excluding hydrogens is 343 g/mol. The summed E-state index contributed by atoms with van der Waals surface area (Å²) in [4.78, 5) is 14.6. The van der Waals surface area contributed by atoms with Crippen LogP contribution in [0.1, 0.15) is 50.3 Å². The summed E-state index contributed by atoms with van der Waals surface area (Å²) in [6.45, 7) is 4.74. The Morgan fingerprint density at radius 1 is 1.15 bits per heavy atom. The minimum atomic E-state index is -0.228. The van der Waals surface area contributed by atoms with Gasteiger partial charge in [-0.2, -0.15) is 0 Å². The SMILES string of the molecule is CCCCCC(=O)N(CCCOC)Cc1cccn1Cc1ccc(F)cc1. The summed E-state index contributed by atoms with van der Waals surface area (Å²) in [7, 11) is 1.68. The zero-order valence-corrected chi connectivity index (χ0v) is 16.5. The van der Waals surface area contributed by atoms with Gasteiger partial charge in [-0.05, 0) is 42.7 Å². The Kier molecular flexibility index (Phi) is 9.05. The molecule has 4 nitrogen and oxygen atoms in total. The molecule has 0 saturated heterocycles. The molecule has 2 rings (SSSR count). The number of amides is 1. The van der Waals surface area contributed by atoms with Gasteiger partial charge in [0.2, 0.25) is 5.91 Å². The van der Waals surface area contributed by atoms with Gasteiger partial charge in [-0.3, -0.25) is 4.79 Å². The highest BCUT2D eigenvalue weighted by molar-refractivity contribution is 5.76. The summed E-state index contributed by atoms with van der Waals surface area (Å²) in [5.41, 5.74) is 2.12. The molecule has 0 saturated carbocycles. The Morgan fingerprint density at radius 2 is 1.93 bits per heavy atom. The molecule has 1 aromatic carbocycles. The molecule has 0 unspecified atom stereocenters. The smallest absolute Gasteiger partial charge is 0.222 e. The van der Waals surface area contributed by atoms with Crippen molar-refractivity contribution in [1.29, 1.82) is 0 Å². The Bertz CT molecular complexity index is 682. The molecule has 1 aromatic heterocycles. The van der Waals surface area contributed by atoms with Gasteiger partial charge in [0, 0.05) is 45.1 Å². The number of benzene rings is 1. The fourth-order valence-corrected chi connectivity index (χ4v) is 3.11. The molecule has 0 aliphatic heterocycles. The summed E-state index contributed by atoms with van der Waals surface area (Å²) in [6.07, 6.45) is 6.56. The van der Waals surface area contributed by atoms with E-state index < -0.39 is 0 Å². The molecule has 0 radical (unpaired) electrons. The standard InChI is InChI=1S/C22H31FN2O2/c1-3-4-5-9-22(26)25(15-7-16-27-2)18-21-8-6-14-24(21)17-19-10-12-20(23)13-11-19/h6,8,10-14H,3-5,7,9,15-18H2,1-2H3. The van der Waals surface area contributed by atoms with Crippen LogP contribution in [0.3, 0.4) is 0 Å². The zero-order chi connectivity index (χ0) is 19.5. The molecule has 0 aliphatic rings. The summed E-state index contributed by atoms with van der Waals surface area (Å²) in [6, 6.07) is 10.6. The third kappa shape index (κ3) is 7.18. The predicted octanol–water partition coefficient (Wildman–Crippen LogP) is 4.62. The van der Waals surface area contributed by atoms with E-state index in [1.54, 1.807) is 19.2 Å². The maximum absolute atomic E-state index is 13.1. The van der Waals surface area contributed by atoms with Crippen LogP contribution in [0.2, 0.25) is 0 Å². The number of hydrogen-bond acceptors (Lipinski definition) is 2. The van der Waals surface area contributed by atoms with Crippen LogP contribution in [0.4, 0.5) is 4.39 Å². The monoisotopic (exact) mass is 374 g/mol. The van der Waals surface area contributed by atoms with E-state index in [4.69, 9.17) is 4.74 Å². The lowest BCUT2D eigenvalue weighted by atomic mass is 10.2. The number of hydrogen-bond donors (Lipinski definition) is 0. The largest absolute Gasteiger partial charge is 0.385 e. The molecule has 5 heteroatoms. The van der Waals surface area contributed by atoms with Crippen LogP contribution in [0, 0.1) is 5.82 Å². The molecule has 0 aliphatic carbocycles. The van der Waals surface area contributed by atoms with E-state index >= 15 is 0 Å². The molecule has 0 fully saturated rings. The fraction of sp³-hybridized carbons (Fsp3) is 0.500. The summed E-state index contributed by atoms with van der Waals surface area (Å²) in [5.74, 6) is -0.0254. The van der Waals surface area contributed by atoms with Crippen molar-refractivity contribution in [2.75, 3.05) is 20.3 Å². The second-order valence-electron chi connectivity index (χ2n) is 6.87. The number of carbonyl (C=O) groups excluding carboxylic acids is 1. The minimum Gasteiger partial charge on any atom is -0.385 e. The minimum absolute atomic E-state index is 0.203. The van der Waals surface area contributed by atoms with E-state index in [1.807, 2.05) is 23.2 Å². The van der Waals surface area contributed by atoms with Crippen LogP contribution >= 0.6 is 0 Å². The maximum Gasteiger partial charge on any atom is 0.222 e. The summed E-state index contributed by atoms with van der Waals surface area (Å²) < 4.78 is 20.4. The van der Waals surface area contributed by atoms with Gasteiger partial charge in [0.25, 0.3) is 0 Å². The number of carbonyl (C=O) groups is 1. The van der Waals surface area contributed by atoms with Gasteiger partial charge in [-0.25, -0.2) is 4.39 Å². The highest BCUT2D eigenvalue weighted by Crippen LogP contribution is 2.13. The van der Waals surface area contributed by atoms with Crippen LogP contribution in [-0.2, 0) is 22.6 Å². The molecule has 27 heavy (non-hydrogen) atoms. The van der Waals surface area contributed by atoms with Gasteiger partial charge in [0.1, 0.15) is 5.82 Å². The van der Waals surface area contributed by atoms with Crippen LogP contribution in [0.5, 0.6) is 0 Å². The quantitative estimate of drug-likeness (QED) is 0.508. The van der Waals surface area contributed by atoms with Gasteiger partial charge < -0.3 is 14.2 Å². The Balaban J connectivity index is 2.03. The number of nitrogens with zero attached hydrogens (tertiary/aromatic N) is 2. The highest BCUT2D eigenvalue weighted by Gasteiger charge is 2.15. The predicted molar refractivity (Wildman–Crippen MR) is 106 cm³/mol. The number of halogens is 1. The van der Waals surface area contributed by atoms with Crippen molar-refractivity contribution in [1.82, 2.24) is 9.47 Å². The third-order valence-electron chi connectivity index (χ3n) is 4.67. The van der Waals surface area contributed by atoms with E-state index in [0.717, 1.165) is 36.9 Å². The lowest BCUT2D eigenvalue weighted by Gasteiger charge is -2.24. The molecule has 0 N–H and O–H groups in total. The van der Waals surface area contributed by atoms with Gasteiger partial charge >= 0.3 is 0 Å². The van der Waals surface area contributed by atoms with E-state index in [2.05, 4.69) is 11.5 Å². The van der Waals surface area contributed by atoms with Crippen molar-refractivity contribution >= 4 is 5.91 Å². The topological polar surface area (TPSA) is 34.5 Å². The average Bonchev–Trinajstić information content (AvgIpc) is 3.09. The molecule has 1 heterocycles. The third-order valence-corrected chi connectivity index (χ3v) is 4.67. The first kappa shape index (κ1) is 21.2. The van der Waals surface area contributed by atoms with E-state index in [0.29, 0.717) is 32.7 Å². The molecule has 0 bridgehead atoms. The Hall–Kier alpha value is -2.14. The summed E-state index contributed by atoms with van der Waals surface area (Å²) in [5, 5.41) is 0. The van der Waals surface area contributed by atoms with Crippen molar-refractivity contribution < 1.29 is 13.9 Å². The first-order valence-corrected chi connectivity index (χ1v) is 9.79. The van der Waals surface area contributed by atoms with Crippen molar-refractivity contribution in [2.45, 2.75) is 52.1 Å². The van der Waals surface area contributed by atoms with Crippen molar-refractivity contribution in [2.24, 2.45) is 0 Å². The van der Waals surface area contributed by atoms with Crippen LogP contribution in [0.25, 0.3) is 0 Å². The lowest BCUT2D eigenvalue weighted by molar-refractivity contribution is -0.132. The van der Waals surface area contributed by atoms with E-state index in [9.17, 15) is 9.18 Å². The van der Waals surface area contributed by atoms with Crippen molar-refractivity contribution in [3.8, 4) is 0 Å². The maximum atomic E-state index is 13.1. The molecule has 0 spiro atoms. The van der Waals surface area contributed by atoms with Gasteiger partial charge in [0.05, 0.1) is 6.54 Å². The Morgan fingerprint density at radius 3 is 2.63 bits per heavy atom. The second-order valence-corrected chi connectivity index (χ2v) is 6.87. The fourth-order valence-electron chi connectivity index (χ4n) is 3.11. The van der Waals surface area contributed by atoms with Crippen molar-refractivity contribution in [3.05, 3.63) is 59.7 Å². The summed E-state index contributed by atoms with van der Waals surface area (Å²) >= 11 is 0. The highest BCUT2D eigenvalue weighted by atomic mass is 19.1. The Labute approximate surface area is 161 Å². The van der Waals surface area contributed by atoms with Crippen LogP contribution < -0.4 is 0 Å². The molecular formula is C22H31FN2O2. The zero-order valence-electron chi connectivity index (χ0n) is 16.5.